The van der Waals surface area contributed by atoms with Gasteiger partial charge >= 0.3 is 0 Å². The number of piperidine rings is 1. The van der Waals surface area contributed by atoms with Gasteiger partial charge in [0, 0.05) is 35.6 Å². The number of fused-ring (bicyclic) bond motifs is 1. The van der Waals surface area contributed by atoms with Crippen LogP contribution in [0.1, 0.15) is 12.8 Å². The highest BCUT2D eigenvalue weighted by atomic mass is 16.1. The summed E-state index contributed by atoms with van der Waals surface area (Å²) in [5.41, 5.74) is 3.60. The third-order valence-corrected chi connectivity index (χ3v) is 4.45. The molecule has 4 rings (SSSR count). The van der Waals surface area contributed by atoms with Gasteiger partial charge in [0.15, 0.2) is 0 Å². The predicted octanol–water partition coefficient (Wildman–Crippen LogP) is 2.56. The highest BCUT2D eigenvalue weighted by Gasteiger charge is 2.21. The van der Waals surface area contributed by atoms with Crippen LogP contribution < -0.4 is 10.6 Å². The highest BCUT2D eigenvalue weighted by molar-refractivity contribution is 5.99. The van der Waals surface area contributed by atoms with Crippen LogP contribution >= 0.6 is 0 Å². The first kappa shape index (κ1) is 14.8. The van der Waals surface area contributed by atoms with Crippen molar-refractivity contribution in [2.45, 2.75) is 12.8 Å². The van der Waals surface area contributed by atoms with Crippen LogP contribution in [0.15, 0.2) is 42.7 Å². The Kier molecular flexibility index (Phi) is 3.96. The van der Waals surface area contributed by atoms with Crippen molar-refractivity contribution in [3.8, 4) is 11.3 Å². The molecule has 0 bridgehead atoms. The van der Waals surface area contributed by atoms with Crippen LogP contribution in [0.2, 0.25) is 0 Å². The molecular weight excluding hydrogens is 302 g/mol. The number of nitrogens with one attached hydrogen (secondary N) is 3. The van der Waals surface area contributed by atoms with Gasteiger partial charge in [0.05, 0.1) is 11.4 Å². The monoisotopic (exact) mass is 321 g/mol. The molecule has 1 fully saturated rings. The molecule has 1 aliphatic heterocycles. The molecule has 1 unspecified atom stereocenters. The number of hydrogen-bond donors (Lipinski definition) is 3. The summed E-state index contributed by atoms with van der Waals surface area (Å²) in [6.45, 7) is 1.75. The first-order valence-corrected chi connectivity index (χ1v) is 8.21. The van der Waals surface area contributed by atoms with Crippen LogP contribution in [-0.2, 0) is 4.79 Å². The van der Waals surface area contributed by atoms with E-state index in [0.29, 0.717) is 0 Å². The Hall–Kier alpha value is -2.73. The SMILES string of the molecule is O=C(Nc1ccc2[nH]nc(-c3ccncc3)c2c1)C1CCCNC1. The second-order valence-corrected chi connectivity index (χ2v) is 6.10. The van der Waals surface area contributed by atoms with E-state index in [2.05, 4.69) is 25.8 Å². The Morgan fingerprint density at radius 1 is 1.21 bits per heavy atom. The maximum absolute atomic E-state index is 12.4. The number of anilines is 1. The van der Waals surface area contributed by atoms with E-state index in [1.54, 1.807) is 12.4 Å². The minimum absolute atomic E-state index is 0.0402. The third-order valence-electron chi connectivity index (χ3n) is 4.45. The van der Waals surface area contributed by atoms with Gasteiger partial charge in [-0.2, -0.15) is 5.10 Å². The summed E-state index contributed by atoms with van der Waals surface area (Å²) in [6.07, 6.45) is 5.48. The Morgan fingerprint density at radius 3 is 2.88 bits per heavy atom. The van der Waals surface area contributed by atoms with E-state index in [-0.39, 0.29) is 11.8 Å². The summed E-state index contributed by atoms with van der Waals surface area (Å²) in [5.74, 6) is 0.119. The Labute approximate surface area is 139 Å². The Morgan fingerprint density at radius 2 is 2.08 bits per heavy atom. The minimum atomic E-state index is 0.0402. The summed E-state index contributed by atoms with van der Waals surface area (Å²) in [5, 5.41) is 14.7. The van der Waals surface area contributed by atoms with Gasteiger partial charge in [-0.1, -0.05) is 0 Å². The molecule has 0 radical (unpaired) electrons. The third kappa shape index (κ3) is 2.88. The van der Waals surface area contributed by atoms with Gasteiger partial charge in [-0.25, -0.2) is 0 Å². The van der Waals surface area contributed by atoms with Crippen LogP contribution in [0, 0.1) is 5.92 Å². The van der Waals surface area contributed by atoms with Crippen LogP contribution in [0.4, 0.5) is 5.69 Å². The average molecular weight is 321 g/mol. The van der Waals surface area contributed by atoms with Crippen LogP contribution in [-0.4, -0.2) is 34.2 Å². The van der Waals surface area contributed by atoms with Crippen LogP contribution in [0.3, 0.4) is 0 Å². The number of amides is 1. The summed E-state index contributed by atoms with van der Waals surface area (Å²) in [6, 6.07) is 9.68. The fourth-order valence-electron chi connectivity index (χ4n) is 3.14. The number of benzene rings is 1. The fourth-order valence-corrected chi connectivity index (χ4v) is 3.14. The molecule has 1 aliphatic rings. The molecule has 6 heteroatoms. The van der Waals surface area contributed by atoms with Gasteiger partial charge in [-0.3, -0.25) is 14.9 Å². The Balaban J connectivity index is 1.61. The molecule has 0 spiro atoms. The molecule has 6 nitrogen and oxygen atoms in total. The minimum Gasteiger partial charge on any atom is -0.326 e. The van der Waals surface area contributed by atoms with E-state index in [0.717, 1.165) is 53.8 Å². The zero-order chi connectivity index (χ0) is 16.4. The summed E-state index contributed by atoms with van der Waals surface area (Å²) < 4.78 is 0. The molecule has 1 saturated heterocycles. The van der Waals surface area contributed by atoms with Crippen molar-refractivity contribution >= 4 is 22.5 Å². The van der Waals surface area contributed by atoms with E-state index in [4.69, 9.17) is 0 Å². The van der Waals surface area contributed by atoms with E-state index >= 15 is 0 Å². The van der Waals surface area contributed by atoms with Crippen molar-refractivity contribution < 1.29 is 4.79 Å². The molecule has 1 atom stereocenters. The van der Waals surface area contributed by atoms with Crippen LogP contribution in [0.5, 0.6) is 0 Å². The number of rotatable bonds is 3. The highest BCUT2D eigenvalue weighted by Crippen LogP contribution is 2.28. The number of pyridine rings is 1. The maximum Gasteiger partial charge on any atom is 0.228 e. The summed E-state index contributed by atoms with van der Waals surface area (Å²) in [7, 11) is 0. The van der Waals surface area contributed by atoms with Crippen molar-refractivity contribution in [1.29, 1.82) is 0 Å². The van der Waals surface area contributed by atoms with E-state index in [9.17, 15) is 4.79 Å². The lowest BCUT2D eigenvalue weighted by molar-refractivity contribution is -0.120. The largest absolute Gasteiger partial charge is 0.326 e. The first-order valence-electron chi connectivity index (χ1n) is 8.21. The number of aromatic amines is 1. The van der Waals surface area contributed by atoms with Gasteiger partial charge in [0.2, 0.25) is 5.91 Å². The second-order valence-electron chi connectivity index (χ2n) is 6.10. The molecule has 3 aromatic rings. The predicted molar refractivity (Wildman–Crippen MR) is 93.5 cm³/mol. The summed E-state index contributed by atoms with van der Waals surface area (Å²) >= 11 is 0. The molecule has 24 heavy (non-hydrogen) atoms. The zero-order valence-corrected chi connectivity index (χ0v) is 13.2. The van der Waals surface area contributed by atoms with Gasteiger partial charge in [-0.05, 0) is 49.7 Å². The zero-order valence-electron chi connectivity index (χ0n) is 13.2. The lowest BCUT2D eigenvalue weighted by Crippen LogP contribution is -2.37. The fraction of sp³-hybridized carbons (Fsp3) is 0.278. The van der Waals surface area contributed by atoms with Crippen molar-refractivity contribution in [2.75, 3.05) is 18.4 Å². The smallest absolute Gasteiger partial charge is 0.228 e. The molecule has 1 amide bonds. The lowest BCUT2D eigenvalue weighted by Gasteiger charge is -2.21. The first-order chi connectivity index (χ1) is 11.8. The average Bonchev–Trinajstić information content (AvgIpc) is 3.06. The van der Waals surface area contributed by atoms with E-state index < -0.39 is 0 Å². The van der Waals surface area contributed by atoms with Crippen molar-refractivity contribution in [3.63, 3.8) is 0 Å². The number of carbonyl (C=O) groups excluding carboxylic acids is 1. The Bertz CT molecular complexity index is 852. The number of carbonyl (C=O) groups is 1. The number of aromatic nitrogens is 3. The topological polar surface area (TPSA) is 82.7 Å². The van der Waals surface area contributed by atoms with Crippen molar-refractivity contribution in [2.24, 2.45) is 5.92 Å². The molecule has 2 aromatic heterocycles. The molecule has 0 aliphatic carbocycles. The maximum atomic E-state index is 12.4. The number of H-pyrrole nitrogens is 1. The van der Waals surface area contributed by atoms with Gasteiger partial charge in [0.1, 0.15) is 5.69 Å². The molecule has 0 saturated carbocycles. The summed E-state index contributed by atoms with van der Waals surface area (Å²) in [4.78, 5) is 16.5. The molecular formula is C18H19N5O. The molecule has 3 heterocycles. The van der Waals surface area contributed by atoms with Gasteiger partial charge in [-0.15, -0.1) is 0 Å². The lowest BCUT2D eigenvalue weighted by atomic mass is 9.98. The second kappa shape index (κ2) is 6.41. The van der Waals surface area contributed by atoms with Gasteiger partial charge < -0.3 is 10.6 Å². The normalized spacial score (nSPS) is 17.8. The van der Waals surface area contributed by atoms with Crippen molar-refractivity contribution in [1.82, 2.24) is 20.5 Å². The molecule has 122 valence electrons. The molecule has 3 N–H and O–H groups in total. The van der Waals surface area contributed by atoms with E-state index in [1.165, 1.54) is 0 Å². The number of hydrogen-bond acceptors (Lipinski definition) is 4. The standard InChI is InChI=1S/C18H19N5O/c24-18(13-2-1-7-20-11-13)21-14-3-4-16-15(10-14)17(23-22-16)12-5-8-19-9-6-12/h3-6,8-10,13,20H,1-2,7,11H2,(H,21,24)(H,22,23). The quantitative estimate of drug-likeness (QED) is 0.692. The van der Waals surface area contributed by atoms with Gasteiger partial charge in [0.25, 0.3) is 0 Å². The molecule has 1 aromatic carbocycles. The number of nitrogens with zero attached hydrogens (tertiary/aromatic N) is 2. The van der Waals surface area contributed by atoms with E-state index in [1.807, 2.05) is 30.3 Å². The van der Waals surface area contributed by atoms with Crippen molar-refractivity contribution in [3.05, 3.63) is 42.7 Å². The van der Waals surface area contributed by atoms with Crippen LogP contribution in [0.25, 0.3) is 22.2 Å².